The second kappa shape index (κ2) is 5.39. The van der Waals surface area contributed by atoms with Crippen LogP contribution in [0.4, 0.5) is 5.69 Å². The summed E-state index contributed by atoms with van der Waals surface area (Å²) in [4.78, 5) is 37.0. The number of rotatable bonds is 2. The molecule has 2 heterocycles. The minimum absolute atomic E-state index is 0.00864. The second-order valence-corrected chi connectivity index (χ2v) is 6.33. The zero-order chi connectivity index (χ0) is 16.8. The Labute approximate surface area is 138 Å². The van der Waals surface area contributed by atoms with Crippen molar-refractivity contribution in [3.63, 3.8) is 0 Å². The van der Waals surface area contributed by atoms with Gasteiger partial charge in [-0.2, -0.15) is 5.01 Å². The molecular weight excluding hydrogens is 316 g/mol. The third-order valence-electron chi connectivity index (χ3n) is 4.00. The molecule has 0 radical (unpaired) electrons. The summed E-state index contributed by atoms with van der Waals surface area (Å²) in [5.74, 6) is -1.00. The molecule has 120 valence electrons. The lowest BCUT2D eigenvalue weighted by molar-refractivity contribution is -0.154. The van der Waals surface area contributed by atoms with Crippen LogP contribution in [0, 0.1) is 0 Å². The molecule has 2 fully saturated rings. The molecular formula is C15H16N4O3S. The molecule has 2 aliphatic heterocycles. The lowest BCUT2D eigenvalue weighted by Crippen LogP contribution is -2.71. The smallest absolute Gasteiger partial charge is 0.248 e. The van der Waals surface area contributed by atoms with Gasteiger partial charge in [-0.3, -0.25) is 19.7 Å². The molecule has 0 spiro atoms. The van der Waals surface area contributed by atoms with Gasteiger partial charge in [0.05, 0.1) is 6.42 Å². The number of nitrogens with one attached hydrogen (secondary N) is 2. The summed E-state index contributed by atoms with van der Waals surface area (Å²) < 4.78 is 0. The van der Waals surface area contributed by atoms with E-state index in [9.17, 15) is 14.4 Å². The third-order valence-corrected chi connectivity index (χ3v) is 4.28. The van der Waals surface area contributed by atoms with Gasteiger partial charge >= 0.3 is 0 Å². The molecule has 3 rings (SSSR count). The van der Waals surface area contributed by atoms with E-state index in [1.54, 1.807) is 38.1 Å². The van der Waals surface area contributed by atoms with Gasteiger partial charge in [0.15, 0.2) is 5.11 Å². The Morgan fingerprint density at radius 1 is 1.30 bits per heavy atom. The quantitative estimate of drug-likeness (QED) is 0.777. The van der Waals surface area contributed by atoms with Crippen LogP contribution in [0.25, 0.3) is 0 Å². The first-order chi connectivity index (χ1) is 10.8. The van der Waals surface area contributed by atoms with Gasteiger partial charge in [0.1, 0.15) is 11.6 Å². The number of hydrogen-bond donors (Lipinski definition) is 2. The molecule has 1 aromatic rings. The minimum Gasteiger partial charge on any atom is -0.325 e. The van der Waals surface area contributed by atoms with Gasteiger partial charge in [-0.1, -0.05) is 18.2 Å². The van der Waals surface area contributed by atoms with Gasteiger partial charge in [0, 0.05) is 5.69 Å². The highest BCUT2D eigenvalue weighted by molar-refractivity contribution is 7.80. The summed E-state index contributed by atoms with van der Waals surface area (Å²) in [5.41, 5.74) is -0.432. The topological polar surface area (TPSA) is 81.8 Å². The predicted octanol–water partition coefficient (Wildman–Crippen LogP) is 0.636. The molecule has 0 aromatic heterocycles. The molecule has 1 atom stereocenters. The van der Waals surface area contributed by atoms with Crippen LogP contribution in [0.15, 0.2) is 30.3 Å². The molecule has 2 N–H and O–H groups in total. The van der Waals surface area contributed by atoms with E-state index >= 15 is 0 Å². The molecule has 1 aromatic carbocycles. The number of amides is 3. The number of hydrogen-bond acceptors (Lipinski definition) is 5. The number of thiocarbonyl (C=S) groups is 1. The number of nitrogens with zero attached hydrogens (tertiary/aromatic N) is 2. The van der Waals surface area contributed by atoms with Gasteiger partial charge in [-0.15, -0.1) is 0 Å². The van der Waals surface area contributed by atoms with Crippen molar-refractivity contribution in [3.05, 3.63) is 30.3 Å². The highest BCUT2D eigenvalue weighted by Crippen LogP contribution is 2.32. The van der Waals surface area contributed by atoms with Crippen molar-refractivity contribution in [2.45, 2.75) is 31.8 Å². The molecule has 8 heteroatoms. The van der Waals surface area contributed by atoms with Gasteiger partial charge in [0.2, 0.25) is 17.7 Å². The van der Waals surface area contributed by atoms with Gasteiger partial charge in [-0.25, -0.2) is 5.01 Å². The first-order valence-corrected chi connectivity index (χ1v) is 7.56. The molecule has 0 saturated carbocycles. The van der Waals surface area contributed by atoms with Crippen molar-refractivity contribution >= 4 is 40.7 Å². The minimum atomic E-state index is -1.06. The monoisotopic (exact) mass is 332 g/mol. The van der Waals surface area contributed by atoms with Crippen LogP contribution in [0.2, 0.25) is 0 Å². The summed E-state index contributed by atoms with van der Waals surface area (Å²) in [7, 11) is 0. The first-order valence-electron chi connectivity index (χ1n) is 7.16. The Morgan fingerprint density at radius 2 is 1.96 bits per heavy atom. The number of hydrazine groups is 1. The van der Waals surface area contributed by atoms with Crippen LogP contribution in [-0.4, -0.2) is 44.4 Å². The lowest BCUT2D eigenvalue weighted by Gasteiger charge is -2.45. The van der Waals surface area contributed by atoms with E-state index in [0.29, 0.717) is 5.69 Å². The Bertz CT molecular complexity index is 704. The average Bonchev–Trinajstić information content (AvgIpc) is 2.85. The SMILES string of the molecule is CC1(C)C(=O)NC(=S)N2C(=O)CC(C(=O)Nc3ccccc3)N21. The van der Waals surface area contributed by atoms with E-state index < -0.39 is 11.6 Å². The summed E-state index contributed by atoms with van der Waals surface area (Å²) in [6.07, 6.45) is -0.0306. The molecule has 2 aliphatic rings. The van der Waals surface area contributed by atoms with Crippen LogP contribution in [-0.2, 0) is 14.4 Å². The van der Waals surface area contributed by atoms with E-state index in [4.69, 9.17) is 12.2 Å². The number of fused-ring (bicyclic) bond motifs is 1. The van der Waals surface area contributed by atoms with Gasteiger partial charge in [0.25, 0.3) is 0 Å². The molecule has 0 bridgehead atoms. The maximum atomic E-state index is 12.6. The summed E-state index contributed by atoms with van der Waals surface area (Å²) in [6.45, 7) is 3.30. The maximum absolute atomic E-state index is 12.6. The van der Waals surface area contributed by atoms with Crippen molar-refractivity contribution < 1.29 is 14.4 Å². The van der Waals surface area contributed by atoms with Crippen LogP contribution >= 0.6 is 12.2 Å². The Hall–Kier alpha value is -2.32. The zero-order valence-corrected chi connectivity index (χ0v) is 13.5. The number of carbonyl (C=O) groups excluding carboxylic acids is 3. The lowest BCUT2D eigenvalue weighted by atomic mass is 10.00. The molecule has 0 aliphatic carbocycles. The van der Waals surface area contributed by atoms with Crippen molar-refractivity contribution in [3.8, 4) is 0 Å². The van der Waals surface area contributed by atoms with E-state index in [1.807, 2.05) is 6.07 Å². The number of anilines is 1. The summed E-state index contributed by atoms with van der Waals surface area (Å²) in [5, 5.41) is 7.97. The molecule has 1 unspecified atom stereocenters. The number of para-hydroxylation sites is 1. The van der Waals surface area contributed by atoms with Crippen LogP contribution < -0.4 is 10.6 Å². The fourth-order valence-corrected chi connectivity index (χ4v) is 3.09. The standard InChI is InChI=1S/C15H16N4O3S/c1-15(2)13(22)17-14(23)18-11(20)8-10(19(15)18)12(21)16-9-6-4-3-5-7-9/h3-7,10H,8H2,1-2H3,(H,16,21)(H,17,22,23). The van der Waals surface area contributed by atoms with Crippen molar-refractivity contribution in [2.24, 2.45) is 0 Å². The van der Waals surface area contributed by atoms with Crippen molar-refractivity contribution in [1.29, 1.82) is 0 Å². The Morgan fingerprint density at radius 3 is 2.61 bits per heavy atom. The predicted molar refractivity (Wildman–Crippen MR) is 87.0 cm³/mol. The van der Waals surface area contributed by atoms with Crippen LogP contribution in [0.1, 0.15) is 20.3 Å². The van der Waals surface area contributed by atoms with Crippen LogP contribution in [0.3, 0.4) is 0 Å². The normalized spacial score (nSPS) is 23.5. The second-order valence-electron chi connectivity index (χ2n) is 5.94. The van der Waals surface area contributed by atoms with E-state index in [0.717, 1.165) is 0 Å². The van der Waals surface area contributed by atoms with Gasteiger partial charge < -0.3 is 5.32 Å². The Kier molecular flexibility index (Phi) is 3.65. The summed E-state index contributed by atoms with van der Waals surface area (Å²) >= 11 is 5.07. The van der Waals surface area contributed by atoms with Crippen molar-refractivity contribution in [1.82, 2.24) is 15.3 Å². The van der Waals surface area contributed by atoms with Crippen LogP contribution in [0.5, 0.6) is 0 Å². The average molecular weight is 332 g/mol. The van der Waals surface area contributed by atoms with E-state index in [1.165, 1.54) is 10.0 Å². The maximum Gasteiger partial charge on any atom is 0.248 e. The highest BCUT2D eigenvalue weighted by atomic mass is 32.1. The third kappa shape index (κ3) is 2.49. The molecule has 23 heavy (non-hydrogen) atoms. The molecule has 3 amide bonds. The first kappa shape index (κ1) is 15.6. The largest absolute Gasteiger partial charge is 0.325 e. The fourth-order valence-electron chi connectivity index (χ4n) is 2.81. The zero-order valence-electron chi connectivity index (χ0n) is 12.7. The van der Waals surface area contributed by atoms with E-state index in [2.05, 4.69) is 10.6 Å². The highest BCUT2D eigenvalue weighted by Gasteiger charge is 2.56. The molecule has 2 saturated heterocycles. The number of benzene rings is 1. The number of carbonyl (C=O) groups is 3. The fraction of sp³-hybridized carbons (Fsp3) is 0.333. The molecule has 7 nitrogen and oxygen atoms in total. The summed E-state index contributed by atoms with van der Waals surface area (Å²) in [6, 6.07) is 8.16. The Balaban J connectivity index is 1.90. The van der Waals surface area contributed by atoms with E-state index in [-0.39, 0.29) is 29.3 Å². The van der Waals surface area contributed by atoms with Gasteiger partial charge in [-0.05, 0) is 38.2 Å². The van der Waals surface area contributed by atoms with Crippen molar-refractivity contribution in [2.75, 3.05) is 5.32 Å².